The maximum atomic E-state index is 5.76. The second-order valence-corrected chi connectivity index (χ2v) is 2.80. The Kier molecular flexibility index (Phi) is 2.96. The zero-order valence-corrected chi connectivity index (χ0v) is 7.01. The molecule has 60 valence electrons. The van der Waals surface area contributed by atoms with Crippen LogP contribution in [0.1, 0.15) is 25.3 Å². The molecule has 0 atom stereocenters. The molecular weight excluding hydrogens is 134 g/mol. The van der Waals surface area contributed by atoms with E-state index in [1.54, 1.807) is 0 Å². The van der Waals surface area contributed by atoms with E-state index in [0.29, 0.717) is 0 Å². The molecule has 1 heteroatoms. The van der Waals surface area contributed by atoms with Crippen LogP contribution in [-0.4, -0.2) is 0 Å². The molecule has 0 radical (unpaired) electrons. The lowest BCUT2D eigenvalue weighted by Crippen LogP contribution is -1.92. The number of benzene rings is 1. The first-order chi connectivity index (χ1) is 5.34. The van der Waals surface area contributed by atoms with Gasteiger partial charge in [0.25, 0.3) is 0 Å². The minimum absolute atomic E-state index is 0.931. The lowest BCUT2D eigenvalue weighted by atomic mass is 10.1. The lowest BCUT2D eigenvalue weighted by Gasteiger charge is -2.02. The van der Waals surface area contributed by atoms with Crippen molar-refractivity contribution in [1.29, 1.82) is 0 Å². The van der Waals surface area contributed by atoms with Crippen molar-refractivity contribution < 1.29 is 0 Å². The average molecular weight is 149 g/mol. The Morgan fingerprint density at radius 3 is 2.64 bits per heavy atom. The number of unbranched alkanes of at least 4 members (excludes halogenated alkanes) is 1. The smallest absolute Gasteiger partial charge is 0.0346 e. The highest BCUT2D eigenvalue weighted by Crippen LogP contribution is 2.12. The molecule has 1 nitrogen and oxygen atoms in total. The molecule has 1 aromatic rings. The molecule has 0 aliphatic heterocycles. The van der Waals surface area contributed by atoms with Gasteiger partial charge in [0, 0.05) is 5.69 Å². The van der Waals surface area contributed by atoms with Gasteiger partial charge in [0.05, 0.1) is 0 Å². The summed E-state index contributed by atoms with van der Waals surface area (Å²) in [7, 11) is 0. The fourth-order valence-electron chi connectivity index (χ4n) is 1.13. The number of aryl methyl sites for hydroxylation is 1. The van der Waals surface area contributed by atoms with Crippen molar-refractivity contribution in [3.8, 4) is 0 Å². The zero-order valence-electron chi connectivity index (χ0n) is 7.01. The first kappa shape index (κ1) is 8.12. The van der Waals surface area contributed by atoms with Gasteiger partial charge in [-0.25, -0.2) is 0 Å². The molecule has 0 heterocycles. The van der Waals surface area contributed by atoms with E-state index in [9.17, 15) is 0 Å². The summed E-state index contributed by atoms with van der Waals surface area (Å²) in [6.45, 7) is 2.19. The van der Waals surface area contributed by atoms with Gasteiger partial charge in [0.15, 0.2) is 0 Å². The topological polar surface area (TPSA) is 26.0 Å². The number of rotatable bonds is 3. The second kappa shape index (κ2) is 4.02. The summed E-state index contributed by atoms with van der Waals surface area (Å²) >= 11 is 0. The normalized spacial score (nSPS) is 9.91. The van der Waals surface area contributed by atoms with Crippen LogP contribution in [0.15, 0.2) is 24.3 Å². The van der Waals surface area contributed by atoms with Crippen molar-refractivity contribution in [2.24, 2.45) is 0 Å². The second-order valence-electron chi connectivity index (χ2n) is 2.80. The Balaban J connectivity index is 2.62. The third-order valence-corrected chi connectivity index (χ3v) is 1.85. The summed E-state index contributed by atoms with van der Waals surface area (Å²) in [5.74, 6) is 0. The summed E-state index contributed by atoms with van der Waals surface area (Å²) in [6.07, 6.45) is 3.58. The molecular formula is C10H15N. The molecule has 0 unspecified atom stereocenters. The van der Waals surface area contributed by atoms with Crippen LogP contribution in [0.2, 0.25) is 0 Å². The van der Waals surface area contributed by atoms with Gasteiger partial charge in [-0.2, -0.15) is 0 Å². The first-order valence-corrected chi connectivity index (χ1v) is 4.18. The summed E-state index contributed by atoms with van der Waals surface area (Å²) < 4.78 is 0. The molecule has 1 aromatic carbocycles. The Labute approximate surface area is 68.2 Å². The third-order valence-electron chi connectivity index (χ3n) is 1.85. The Morgan fingerprint density at radius 1 is 1.27 bits per heavy atom. The van der Waals surface area contributed by atoms with Gasteiger partial charge in [-0.15, -0.1) is 0 Å². The van der Waals surface area contributed by atoms with Crippen molar-refractivity contribution in [3.05, 3.63) is 29.8 Å². The predicted octanol–water partition coefficient (Wildman–Crippen LogP) is 2.61. The van der Waals surface area contributed by atoms with Crippen molar-refractivity contribution >= 4 is 5.69 Å². The number of nitrogen functional groups attached to an aromatic ring is 1. The van der Waals surface area contributed by atoms with Crippen LogP contribution < -0.4 is 5.73 Å². The van der Waals surface area contributed by atoms with Crippen LogP contribution in [-0.2, 0) is 6.42 Å². The minimum atomic E-state index is 0.931. The zero-order chi connectivity index (χ0) is 8.10. The van der Waals surface area contributed by atoms with E-state index in [4.69, 9.17) is 5.73 Å². The fraction of sp³-hybridized carbons (Fsp3) is 0.400. The van der Waals surface area contributed by atoms with Gasteiger partial charge in [0.2, 0.25) is 0 Å². The van der Waals surface area contributed by atoms with E-state index in [1.807, 2.05) is 18.2 Å². The van der Waals surface area contributed by atoms with Crippen molar-refractivity contribution in [1.82, 2.24) is 0 Å². The molecule has 0 fully saturated rings. The Hall–Kier alpha value is -0.980. The van der Waals surface area contributed by atoms with Crippen LogP contribution >= 0.6 is 0 Å². The minimum Gasteiger partial charge on any atom is -0.399 e. The predicted molar refractivity (Wildman–Crippen MR) is 49.5 cm³/mol. The number of hydrogen-bond donors (Lipinski definition) is 1. The summed E-state index contributed by atoms with van der Waals surface area (Å²) in [5.41, 5.74) is 7.98. The monoisotopic (exact) mass is 149 g/mol. The maximum absolute atomic E-state index is 5.76. The highest BCUT2D eigenvalue weighted by atomic mass is 14.6. The van der Waals surface area contributed by atoms with Gasteiger partial charge in [-0.3, -0.25) is 0 Å². The highest BCUT2D eigenvalue weighted by Gasteiger charge is 1.94. The maximum Gasteiger partial charge on any atom is 0.0346 e. The molecule has 2 N–H and O–H groups in total. The molecule has 0 bridgehead atoms. The number of para-hydroxylation sites is 1. The SMILES string of the molecule is CCCCc1ccccc1N. The molecule has 0 spiro atoms. The number of nitrogens with two attached hydrogens (primary N) is 1. The van der Waals surface area contributed by atoms with Crippen molar-refractivity contribution in [3.63, 3.8) is 0 Å². The standard InChI is InChI=1S/C10H15N/c1-2-3-6-9-7-4-5-8-10(9)11/h4-5,7-8H,2-3,6,11H2,1H3. The van der Waals surface area contributed by atoms with Gasteiger partial charge < -0.3 is 5.73 Å². The van der Waals surface area contributed by atoms with Crippen molar-refractivity contribution in [2.75, 3.05) is 5.73 Å². The molecule has 0 aliphatic carbocycles. The van der Waals surface area contributed by atoms with E-state index < -0.39 is 0 Å². The average Bonchev–Trinajstić information content (AvgIpc) is 2.03. The molecule has 0 saturated carbocycles. The summed E-state index contributed by atoms with van der Waals surface area (Å²) in [5, 5.41) is 0. The molecule has 1 rings (SSSR count). The summed E-state index contributed by atoms with van der Waals surface area (Å²) in [6, 6.07) is 8.09. The molecule has 0 saturated heterocycles. The Morgan fingerprint density at radius 2 is 2.00 bits per heavy atom. The summed E-state index contributed by atoms with van der Waals surface area (Å²) in [4.78, 5) is 0. The largest absolute Gasteiger partial charge is 0.399 e. The molecule has 0 aliphatic rings. The van der Waals surface area contributed by atoms with Crippen LogP contribution in [0.5, 0.6) is 0 Å². The third kappa shape index (κ3) is 2.26. The van der Waals surface area contributed by atoms with Crippen molar-refractivity contribution in [2.45, 2.75) is 26.2 Å². The van der Waals surface area contributed by atoms with E-state index in [-0.39, 0.29) is 0 Å². The van der Waals surface area contributed by atoms with Crippen LogP contribution in [0, 0.1) is 0 Å². The number of hydrogen-bond acceptors (Lipinski definition) is 1. The van der Waals surface area contributed by atoms with Crippen LogP contribution in [0.25, 0.3) is 0 Å². The quantitative estimate of drug-likeness (QED) is 0.657. The van der Waals surface area contributed by atoms with E-state index >= 15 is 0 Å². The van der Waals surface area contributed by atoms with Crippen LogP contribution in [0.4, 0.5) is 5.69 Å². The highest BCUT2D eigenvalue weighted by molar-refractivity contribution is 5.46. The number of anilines is 1. The first-order valence-electron chi connectivity index (χ1n) is 4.18. The lowest BCUT2D eigenvalue weighted by molar-refractivity contribution is 0.796. The molecule has 11 heavy (non-hydrogen) atoms. The fourth-order valence-corrected chi connectivity index (χ4v) is 1.13. The van der Waals surface area contributed by atoms with Gasteiger partial charge in [0.1, 0.15) is 0 Å². The van der Waals surface area contributed by atoms with Gasteiger partial charge >= 0.3 is 0 Å². The molecule has 0 aromatic heterocycles. The van der Waals surface area contributed by atoms with Crippen LogP contribution in [0.3, 0.4) is 0 Å². The molecule has 0 amide bonds. The van der Waals surface area contributed by atoms with Gasteiger partial charge in [-0.1, -0.05) is 31.5 Å². The Bertz CT molecular complexity index is 218. The van der Waals surface area contributed by atoms with E-state index in [1.165, 1.54) is 18.4 Å². The van der Waals surface area contributed by atoms with Gasteiger partial charge in [-0.05, 0) is 24.5 Å². The van der Waals surface area contributed by atoms with E-state index in [0.717, 1.165) is 12.1 Å². The van der Waals surface area contributed by atoms with E-state index in [2.05, 4.69) is 13.0 Å².